The summed E-state index contributed by atoms with van der Waals surface area (Å²) in [5.41, 5.74) is 0.384. The van der Waals surface area contributed by atoms with Crippen LogP contribution >= 0.6 is 0 Å². The summed E-state index contributed by atoms with van der Waals surface area (Å²) in [5.74, 6) is 0. The van der Waals surface area contributed by atoms with E-state index >= 15 is 0 Å². The summed E-state index contributed by atoms with van der Waals surface area (Å²) < 4.78 is 10.4. The average molecular weight is 244 g/mol. The van der Waals surface area contributed by atoms with E-state index in [1.807, 2.05) is 0 Å². The van der Waals surface area contributed by atoms with Crippen LogP contribution in [-0.2, 0) is 9.47 Å². The Morgan fingerprint density at radius 3 is 2.76 bits per heavy atom. The summed E-state index contributed by atoms with van der Waals surface area (Å²) in [6.07, 6.45) is 2.73. The first kappa shape index (κ1) is 14.9. The van der Waals surface area contributed by atoms with Crippen molar-refractivity contribution in [2.45, 2.75) is 38.8 Å². The van der Waals surface area contributed by atoms with E-state index in [0.717, 1.165) is 19.6 Å². The molecule has 2 unspecified atom stereocenters. The third-order valence-corrected chi connectivity index (χ3v) is 3.74. The van der Waals surface area contributed by atoms with Crippen LogP contribution in [0.2, 0.25) is 0 Å². The van der Waals surface area contributed by atoms with Crippen molar-refractivity contribution in [2.75, 3.05) is 40.5 Å². The third kappa shape index (κ3) is 4.92. The lowest BCUT2D eigenvalue weighted by Crippen LogP contribution is -2.52. The predicted molar refractivity (Wildman–Crippen MR) is 70.3 cm³/mol. The van der Waals surface area contributed by atoms with Crippen molar-refractivity contribution in [3.63, 3.8) is 0 Å². The van der Waals surface area contributed by atoms with Gasteiger partial charge in [-0.3, -0.25) is 0 Å². The minimum atomic E-state index is 0.145. The molecule has 0 spiro atoms. The number of methoxy groups -OCH3 is 2. The second kappa shape index (κ2) is 7.31. The van der Waals surface area contributed by atoms with Crippen LogP contribution in [0.5, 0.6) is 0 Å². The Morgan fingerprint density at radius 1 is 1.41 bits per heavy atom. The SMILES string of the molecule is COCC(CNCC1NCCCC1(C)C)OC. The molecule has 1 aliphatic heterocycles. The predicted octanol–water partition coefficient (Wildman–Crippen LogP) is 1.02. The van der Waals surface area contributed by atoms with Crippen molar-refractivity contribution >= 4 is 0 Å². The second-order valence-electron chi connectivity index (χ2n) is 5.57. The highest BCUT2D eigenvalue weighted by molar-refractivity contribution is 4.89. The van der Waals surface area contributed by atoms with E-state index in [1.165, 1.54) is 12.8 Å². The Balaban J connectivity index is 2.24. The lowest BCUT2D eigenvalue weighted by atomic mass is 9.77. The molecule has 102 valence electrons. The lowest BCUT2D eigenvalue weighted by Gasteiger charge is -2.39. The number of hydrogen-bond donors (Lipinski definition) is 2. The molecule has 2 atom stereocenters. The van der Waals surface area contributed by atoms with Gasteiger partial charge in [-0.2, -0.15) is 0 Å². The molecule has 0 radical (unpaired) electrons. The van der Waals surface area contributed by atoms with Gasteiger partial charge < -0.3 is 20.1 Å². The first-order valence-electron chi connectivity index (χ1n) is 6.56. The van der Waals surface area contributed by atoms with Crippen molar-refractivity contribution in [1.29, 1.82) is 0 Å². The van der Waals surface area contributed by atoms with E-state index in [9.17, 15) is 0 Å². The summed E-state index contributed by atoms with van der Waals surface area (Å²) in [7, 11) is 3.44. The summed E-state index contributed by atoms with van der Waals surface area (Å²) in [6.45, 7) is 8.31. The maximum atomic E-state index is 5.32. The smallest absolute Gasteiger partial charge is 0.0928 e. The number of rotatable bonds is 7. The molecular formula is C13H28N2O2. The summed E-state index contributed by atoms with van der Waals surface area (Å²) >= 11 is 0. The Morgan fingerprint density at radius 2 is 2.18 bits per heavy atom. The molecule has 0 aromatic rings. The summed E-state index contributed by atoms with van der Waals surface area (Å²) in [5, 5.41) is 7.08. The zero-order chi connectivity index (χ0) is 12.7. The number of piperidine rings is 1. The summed E-state index contributed by atoms with van der Waals surface area (Å²) in [4.78, 5) is 0. The van der Waals surface area contributed by atoms with E-state index in [0.29, 0.717) is 18.1 Å². The molecule has 0 aromatic heterocycles. The molecule has 0 amide bonds. The van der Waals surface area contributed by atoms with E-state index in [4.69, 9.17) is 9.47 Å². The van der Waals surface area contributed by atoms with Gasteiger partial charge in [-0.15, -0.1) is 0 Å². The van der Waals surface area contributed by atoms with E-state index in [-0.39, 0.29) is 6.10 Å². The number of hydrogen-bond acceptors (Lipinski definition) is 4. The molecule has 0 bridgehead atoms. The van der Waals surface area contributed by atoms with Crippen LogP contribution in [0, 0.1) is 5.41 Å². The van der Waals surface area contributed by atoms with E-state index < -0.39 is 0 Å². The van der Waals surface area contributed by atoms with Crippen LogP contribution in [0.4, 0.5) is 0 Å². The van der Waals surface area contributed by atoms with Crippen LogP contribution in [-0.4, -0.2) is 52.6 Å². The van der Waals surface area contributed by atoms with Gasteiger partial charge in [0.2, 0.25) is 0 Å². The number of ether oxygens (including phenoxy) is 2. The van der Waals surface area contributed by atoms with Gasteiger partial charge in [0.25, 0.3) is 0 Å². The monoisotopic (exact) mass is 244 g/mol. The quantitative estimate of drug-likeness (QED) is 0.701. The van der Waals surface area contributed by atoms with Gasteiger partial charge in [-0.05, 0) is 24.8 Å². The number of nitrogens with one attached hydrogen (secondary N) is 2. The van der Waals surface area contributed by atoms with Crippen molar-refractivity contribution in [2.24, 2.45) is 5.41 Å². The Kier molecular flexibility index (Phi) is 6.41. The molecule has 4 nitrogen and oxygen atoms in total. The molecule has 17 heavy (non-hydrogen) atoms. The molecule has 1 aliphatic rings. The first-order valence-corrected chi connectivity index (χ1v) is 6.56. The van der Waals surface area contributed by atoms with Crippen LogP contribution in [0.25, 0.3) is 0 Å². The van der Waals surface area contributed by atoms with Gasteiger partial charge in [0.1, 0.15) is 0 Å². The molecule has 0 saturated carbocycles. The molecule has 0 aliphatic carbocycles. The minimum Gasteiger partial charge on any atom is -0.382 e. The van der Waals surface area contributed by atoms with Crippen LogP contribution < -0.4 is 10.6 Å². The van der Waals surface area contributed by atoms with Gasteiger partial charge in [-0.1, -0.05) is 13.8 Å². The summed E-state index contributed by atoms with van der Waals surface area (Å²) in [6, 6.07) is 0.552. The highest BCUT2D eigenvalue weighted by atomic mass is 16.5. The van der Waals surface area contributed by atoms with Crippen LogP contribution in [0.15, 0.2) is 0 Å². The normalized spacial score (nSPS) is 25.8. The zero-order valence-corrected chi connectivity index (χ0v) is 11.7. The van der Waals surface area contributed by atoms with Crippen molar-refractivity contribution in [3.8, 4) is 0 Å². The van der Waals surface area contributed by atoms with Crippen molar-refractivity contribution in [1.82, 2.24) is 10.6 Å². The van der Waals surface area contributed by atoms with Gasteiger partial charge in [0.05, 0.1) is 12.7 Å². The fourth-order valence-corrected chi connectivity index (χ4v) is 2.40. The van der Waals surface area contributed by atoms with Crippen molar-refractivity contribution < 1.29 is 9.47 Å². The van der Waals surface area contributed by atoms with Gasteiger partial charge in [0.15, 0.2) is 0 Å². The minimum absolute atomic E-state index is 0.145. The molecule has 1 heterocycles. The van der Waals surface area contributed by atoms with E-state index in [1.54, 1.807) is 14.2 Å². The Labute approximate surface area is 105 Å². The highest BCUT2D eigenvalue weighted by Crippen LogP contribution is 2.29. The zero-order valence-electron chi connectivity index (χ0n) is 11.7. The standard InChI is InChI=1S/C13H28N2O2/c1-13(2)6-5-7-15-12(13)9-14-8-11(17-4)10-16-3/h11-12,14-15H,5-10H2,1-4H3. The fraction of sp³-hybridized carbons (Fsp3) is 1.00. The highest BCUT2D eigenvalue weighted by Gasteiger charge is 2.31. The Bertz CT molecular complexity index is 210. The van der Waals surface area contributed by atoms with Gasteiger partial charge in [-0.25, -0.2) is 0 Å². The second-order valence-corrected chi connectivity index (χ2v) is 5.57. The molecule has 1 saturated heterocycles. The van der Waals surface area contributed by atoms with E-state index in [2.05, 4.69) is 24.5 Å². The lowest BCUT2D eigenvalue weighted by molar-refractivity contribution is 0.0276. The maximum absolute atomic E-state index is 5.32. The molecular weight excluding hydrogens is 216 g/mol. The average Bonchev–Trinajstić information content (AvgIpc) is 2.29. The Hall–Kier alpha value is -0.160. The van der Waals surface area contributed by atoms with Gasteiger partial charge in [0, 0.05) is 33.4 Å². The molecule has 2 N–H and O–H groups in total. The molecule has 0 aromatic carbocycles. The van der Waals surface area contributed by atoms with Crippen LogP contribution in [0.3, 0.4) is 0 Å². The molecule has 1 fully saturated rings. The fourth-order valence-electron chi connectivity index (χ4n) is 2.40. The van der Waals surface area contributed by atoms with Gasteiger partial charge >= 0.3 is 0 Å². The molecule has 4 heteroatoms. The van der Waals surface area contributed by atoms with Crippen molar-refractivity contribution in [3.05, 3.63) is 0 Å². The third-order valence-electron chi connectivity index (χ3n) is 3.74. The van der Waals surface area contributed by atoms with Crippen LogP contribution in [0.1, 0.15) is 26.7 Å². The topological polar surface area (TPSA) is 42.5 Å². The first-order chi connectivity index (χ1) is 8.10. The molecule has 1 rings (SSSR count). The maximum Gasteiger partial charge on any atom is 0.0928 e. The largest absolute Gasteiger partial charge is 0.382 e.